The topological polar surface area (TPSA) is 72.5 Å². The number of nitrogens with one attached hydrogen (secondary N) is 1. The summed E-state index contributed by atoms with van der Waals surface area (Å²) in [7, 11) is -2.37. The van der Waals surface area contributed by atoms with Crippen LogP contribution in [0.15, 0.2) is 18.2 Å². The van der Waals surface area contributed by atoms with Gasteiger partial charge in [0.05, 0.1) is 24.0 Å². The maximum Gasteiger partial charge on any atom is 0.310 e. The van der Waals surface area contributed by atoms with Crippen molar-refractivity contribution in [3.63, 3.8) is 0 Å². The van der Waals surface area contributed by atoms with Gasteiger partial charge in [0.2, 0.25) is 10.0 Å². The zero-order chi connectivity index (χ0) is 15.6. The Labute approximate surface area is 142 Å². The minimum atomic E-state index is -3.65. The predicted molar refractivity (Wildman–Crippen MR) is 89.9 cm³/mol. The second-order valence-corrected chi connectivity index (χ2v) is 8.37. The number of methoxy groups -OCH3 is 1. The molecule has 2 atom stereocenters. The summed E-state index contributed by atoms with van der Waals surface area (Å²) < 4.78 is 33.0. The van der Waals surface area contributed by atoms with E-state index < -0.39 is 27.2 Å². The summed E-state index contributed by atoms with van der Waals surface area (Å²) in [5.74, 6) is -1.06. The van der Waals surface area contributed by atoms with Crippen LogP contribution in [0.25, 0.3) is 0 Å². The maximum atomic E-state index is 12.5. The van der Waals surface area contributed by atoms with Crippen LogP contribution in [-0.2, 0) is 19.6 Å². The molecule has 1 aliphatic rings. The van der Waals surface area contributed by atoms with Gasteiger partial charge in [0.15, 0.2) is 0 Å². The van der Waals surface area contributed by atoms with Gasteiger partial charge in [-0.25, -0.2) is 8.42 Å². The van der Waals surface area contributed by atoms with E-state index in [1.165, 1.54) is 7.11 Å². The summed E-state index contributed by atoms with van der Waals surface area (Å²) in [4.78, 5) is 11.7. The number of esters is 1. The van der Waals surface area contributed by atoms with Crippen LogP contribution < -0.4 is 4.72 Å². The van der Waals surface area contributed by atoms with Crippen LogP contribution >= 0.6 is 34.2 Å². The fraction of sp³-hybridized carbons (Fsp3) is 0.462. The van der Waals surface area contributed by atoms with E-state index in [2.05, 4.69) is 4.72 Å². The number of sulfonamides is 1. The Kier molecular flexibility index (Phi) is 5.37. The molecule has 1 N–H and O–H groups in total. The van der Waals surface area contributed by atoms with Crippen LogP contribution in [0, 0.1) is 9.49 Å². The zero-order valence-electron chi connectivity index (χ0n) is 11.3. The summed E-state index contributed by atoms with van der Waals surface area (Å²) in [5, 5.41) is -0.216. The maximum absolute atomic E-state index is 12.5. The molecule has 0 spiro atoms. The number of benzene rings is 1. The van der Waals surface area contributed by atoms with Crippen molar-refractivity contribution < 1.29 is 17.9 Å². The molecular weight excluding hydrogens is 429 g/mol. The number of carbonyl (C=O) groups is 1. The highest BCUT2D eigenvalue weighted by molar-refractivity contribution is 14.1. The van der Waals surface area contributed by atoms with Crippen molar-refractivity contribution in [2.45, 2.75) is 24.5 Å². The van der Waals surface area contributed by atoms with Gasteiger partial charge in [-0.1, -0.05) is 18.0 Å². The van der Waals surface area contributed by atoms with E-state index >= 15 is 0 Å². The van der Waals surface area contributed by atoms with E-state index in [-0.39, 0.29) is 0 Å². The number of ether oxygens (including phenoxy) is 1. The molecule has 0 aliphatic heterocycles. The molecule has 21 heavy (non-hydrogen) atoms. The first kappa shape index (κ1) is 16.8. The van der Waals surface area contributed by atoms with E-state index in [0.717, 1.165) is 0 Å². The van der Waals surface area contributed by atoms with Crippen molar-refractivity contribution in [2.75, 3.05) is 11.8 Å². The summed E-state index contributed by atoms with van der Waals surface area (Å²) in [6, 6.07) is 4.91. The van der Waals surface area contributed by atoms with Crippen molar-refractivity contribution >= 4 is 55.9 Å². The largest absolute Gasteiger partial charge is 0.469 e. The Morgan fingerprint density at radius 2 is 2.14 bits per heavy atom. The molecule has 8 heteroatoms. The predicted octanol–water partition coefficient (Wildman–Crippen LogP) is 3.03. The second-order valence-electron chi connectivity index (χ2n) is 4.87. The van der Waals surface area contributed by atoms with Crippen molar-refractivity contribution in [1.29, 1.82) is 0 Å². The van der Waals surface area contributed by atoms with Gasteiger partial charge in [0, 0.05) is 8.59 Å². The van der Waals surface area contributed by atoms with Crippen LogP contribution in [-0.4, -0.2) is 26.7 Å². The Balaban J connectivity index is 2.23. The third kappa shape index (κ3) is 3.81. The Morgan fingerprint density at radius 3 is 2.76 bits per heavy atom. The Bertz CT molecular complexity index is 650. The van der Waals surface area contributed by atoms with Gasteiger partial charge in [-0.2, -0.15) is 0 Å². The first-order valence-corrected chi connectivity index (χ1v) is 9.40. The SMILES string of the molecule is COC(=O)C1CCCC1S(=O)(=O)Nc1ccc(Cl)cc1I. The summed E-state index contributed by atoms with van der Waals surface area (Å²) >= 11 is 7.87. The molecule has 1 aromatic carbocycles. The molecule has 5 nitrogen and oxygen atoms in total. The van der Waals surface area contributed by atoms with E-state index in [1.807, 2.05) is 22.6 Å². The van der Waals surface area contributed by atoms with Crippen molar-refractivity contribution in [2.24, 2.45) is 5.92 Å². The molecular formula is C13H15ClINO4S. The lowest BCUT2D eigenvalue weighted by atomic mass is 10.1. The lowest BCUT2D eigenvalue weighted by molar-refractivity contribution is -0.145. The summed E-state index contributed by atoms with van der Waals surface area (Å²) in [6.45, 7) is 0. The van der Waals surface area contributed by atoms with E-state index in [4.69, 9.17) is 16.3 Å². The summed E-state index contributed by atoms with van der Waals surface area (Å²) in [5.41, 5.74) is 0.468. The van der Waals surface area contributed by atoms with Gasteiger partial charge < -0.3 is 4.74 Å². The molecule has 0 radical (unpaired) electrons. The van der Waals surface area contributed by atoms with E-state index in [9.17, 15) is 13.2 Å². The molecule has 1 aliphatic carbocycles. The number of carbonyl (C=O) groups excluding carboxylic acids is 1. The fourth-order valence-electron chi connectivity index (χ4n) is 2.52. The van der Waals surface area contributed by atoms with Gasteiger partial charge in [0.25, 0.3) is 0 Å². The molecule has 2 rings (SSSR count). The molecule has 1 aromatic rings. The van der Waals surface area contributed by atoms with Crippen LogP contribution in [0.1, 0.15) is 19.3 Å². The van der Waals surface area contributed by atoms with Crippen LogP contribution in [0.5, 0.6) is 0 Å². The van der Waals surface area contributed by atoms with Crippen molar-refractivity contribution in [3.8, 4) is 0 Å². The number of anilines is 1. The first-order valence-electron chi connectivity index (χ1n) is 6.39. The van der Waals surface area contributed by atoms with E-state index in [1.54, 1.807) is 18.2 Å². The Morgan fingerprint density at radius 1 is 1.43 bits per heavy atom. The first-order chi connectivity index (χ1) is 9.85. The smallest absolute Gasteiger partial charge is 0.310 e. The molecule has 0 bridgehead atoms. The molecule has 116 valence electrons. The molecule has 0 amide bonds. The van der Waals surface area contributed by atoms with Crippen LogP contribution in [0.3, 0.4) is 0 Å². The number of rotatable bonds is 4. The van der Waals surface area contributed by atoms with E-state index in [0.29, 0.717) is 33.5 Å². The van der Waals surface area contributed by atoms with Crippen LogP contribution in [0.2, 0.25) is 5.02 Å². The standard InChI is InChI=1S/C13H15ClINO4S/c1-20-13(17)9-3-2-4-12(9)21(18,19)16-11-6-5-8(14)7-10(11)15/h5-7,9,12,16H,2-4H2,1H3. The molecule has 2 unspecified atom stereocenters. The van der Waals surface area contributed by atoms with Gasteiger partial charge in [-0.15, -0.1) is 0 Å². The molecule has 0 saturated heterocycles. The molecule has 0 aromatic heterocycles. The Hall–Kier alpha value is -0.540. The minimum Gasteiger partial charge on any atom is -0.469 e. The van der Waals surface area contributed by atoms with Gasteiger partial charge in [0.1, 0.15) is 0 Å². The summed E-state index contributed by atoms with van der Waals surface area (Å²) in [6.07, 6.45) is 1.69. The zero-order valence-corrected chi connectivity index (χ0v) is 15.0. The third-order valence-corrected chi connectivity index (χ3v) is 6.53. The molecule has 1 saturated carbocycles. The second kappa shape index (κ2) is 6.70. The van der Waals surface area contributed by atoms with Crippen molar-refractivity contribution in [1.82, 2.24) is 0 Å². The number of hydrogen-bond acceptors (Lipinski definition) is 4. The molecule has 0 heterocycles. The van der Waals surface area contributed by atoms with Crippen molar-refractivity contribution in [3.05, 3.63) is 26.8 Å². The number of hydrogen-bond donors (Lipinski definition) is 1. The normalized spacial score (nSPS) is 22.0. The van der Waals surface area contributed by atoms with Crippen LogP contribution in [0.4, 0.5) is 5.69 Å². The minimum absolute atomic E-state index is 0.458. The lowest BCUT2D eigenvalue weighted by Gasteiger charge is -2.19. The highest BCUT2D eigenvalue weighted by Crippen LogP contribution is 2.34. The highest BCUT2D eigenvalue weighted by atomic mass is 127. The fourth-order valence-corrected chi connectivity index (χ4v) is 5.50. The van der Waals surface area contributed by atoms with Gasteiger partial charge in [-0.05, 0) is 53.6 Å². The monoisotopic (exact) mass is 443 g/mol. The quantitative estimate of drug-likeness (QED) is 0.573. The average Bonchev–Trinajstić information content (AvgIpc) is 2.91. The third-order valence-electron chi connectivity index (χ3n) is 3.54. The average molecular weight is 444 g/mol. The molecule has 1 fully saturated rings. The highest BCUT2D eigenvalue weighted by Gasteiger charge is 2.42. The van der Waals surface area contributed by atoms with Gasteiger partial charge >= 0.3 is 5.97 Å². The lowest BCUT2D eigenvalue weighted by Crippen LogP contribution is -2.35. The van der Waals surface area contributed by atoms with Gasteiger partial charge in [-0.3, -0.25) is 9.52 Å². The number of halogens is 2.